The lowest BCUT2D eigenvalue weighted by Gasteiger charge is -2.23. The molecule has 0 aromatic rings. The standard InChI is InChI=1S/C11H22N4O2/c1-14(6-7-15-4-2-3-5-15)11(17)9(12)8-10(13)16/h9H,2-8,12H2,1H3,(H2,13,16). The second-order valence-corrected chi connectivity index (χ2v) is 4.59. The molecule has 0 aromatic carbocycles. The lowest BCUT2D eigenvalue weighted by atomic mass is 10.2. The van der Waals surface area contributed by atoms with Gasteiger partial charge in [-0.05, 0) is 25.9 Å². The predicted molar refractivity (Wildman–Crippen MR) is 65.1 cm³/mol. The minimum atomic E-state index is -0.809. The summed E-state index contributed by atoms with van der Waals surface area (Å²) >= 11 is 0. The number of nitrogens with two attached hydrogens (primary N) is 2. The summed E-state index contributed by atoms with van der Waals surface area (Å²) in [6.07, 6.45) is 2.38. The summed E-state index contributed by atoms with van der Waals surface area (Å²) in [5.74, 6) is -0.762. The molecular formula is C11H22N4O2. The Labute approximate surface area is 102 Å². The monoisotopic (exact) mass is 242 g/mol. The largest absolute Gasteiger partial charge is 0.370 e. The minimum absolute atomic E-state index is 0.0904. The molecule has 1 fully saturated rings. The molecule has 2 amide bonds. The lowest BCUT2D eigenvalue weighted by molar-refractivity contribution is -0.133. The van der Waals surface area contributed by atoms with Crippen LogP contribution in [0.2, 0.25) is 0 Å². The summed E-state index contributed by atoms with van der Waals surface area (Å²) in [5, 5.41) is 0. The van der Waals surface area contributed by atoms with Crippen LogP contribution in [-0.4, -0.2) is 60.9 Å². The van der Waals surface area contributed by atoms with E-state index in [9.17, 15) is 9.59 Å². The molecule has 1 aliphatic heterocycles. The number of hydrogen-bond acceptors (Lipinski definition) is 4. The zero-order valence-corrected chi connectivity index (χ0v) is 10.4. The molecular weight excluding hydrogens is 220 g/mol. The van der Waals surface area contributed by atoms with Gasteiger partial charge >= 0.3 is 0 Å². The first-order valence-corrected chi connectivity index (χ1v) is 6.02. The number of amides is 2. The number of primary amides is 1. The number of likely N-dealkylation sites (N-methyl/N-ethyl adjacent to an activating group) is 1. The highest BCUT2D eigenvalue weighted by atomic mass is 16.2. The predicted octanol–water partition coefficient (Wildman–Crippen LogP) is -1.26. The van der Waals surface area contributed by atoms with Crippen molar-refractivity contribution in [3.05, 3.63) is 0 Å². The number of likely N-dealkylation sites (tertiary alicyclic amines) is 1. The van der Waals surface area contributed by atoms with Crippen LogP contribution in [0, 0.1) is 0 Å². The van der Waals surface area contributed by atoms with E-state index in [1.165, 1.54) is 12.8 Å². The molecule has 1 heterocycles. The maximum atomic E-state index is 11.8. The van der Waals surface area contributed by atoms with E-state index < -0.39 is 11.9 Å². The highest BCUT2D eigenvalue weighted by Gasteiger charge is 2.20. The molecule has 1 rings (SSSR count). The van der Waals surface area contributed by atoms with Gasteiger partial charge in [0.25, 0.3) is 0 Å². The van der Waals surface area contributed by atoms with Gasteiger partial charge in [0, 0.05) is 20.1 Å². The van der Waals surface area contributed by atoms with Gasteiger partial charge in [-0.2, -0.15) is 0 Å². The first kappa shape index (κ1) is 13.9. The van der Waals surface area contributed by atoms with Gasteiger partial charge in [-0.1, -0.05) is 0 Å². The van der Waals surface area contributed by atoms with E-state index in [-0.39, 0.29) is 12.3 Å². The maximum absolute atomic E-state index is 11.8. The Balaban J connectivity index is 2.27. The fraction of sp³-hybridized carbons (Fsp3) is 0.818. The van der Waals surface area contributed by atoms with Crippen molar-refractivity contribution in [2.24, 2.45) is 11.5 Å². The molecule has 6 heteroatoms. The van der Waals surface area contributed by atoms with Gasteiger partial charge in [0.1, 0.15) is 0 Å². The number of nitrogens with zero attached hydrogens (tertiary/aromatic N) is 2. The van der Waals surface area contributed by atoms with Crippen molar-refractivity contribution in [3.63, 3.8) is 0 Å². The molecule has 98 valence electrons. The van der Waals surface area contributed by atoms with Gasteiger partial charge in [0.05, 0.1) is 12.5 Å². The van der Waals surface area contributed by atoms with Gasteiger partial charge in [0.15, 0.2) is 0 Å². The Morgan fingerprint density at radius 3 is 2.47 bits per heavy atom. The van der Waals surface area contributed by atoms with Gasteiger partial charge in [-0.3, -0.25) is 9.59 Å². The van der Waals surface area contributed by atoms with Crippen molar-refractivity contribution in [1.82, 2.24) is 9.80 Å². The lowest BCUT2D eigenvalue weighted by Crippen LogP contribution is -2.46. The number of rotatable bonds is 6. The van der Waals surface area contributed by atoms with E-state index in [4.69, 9.17) is 11.5 Å². The number of hydrogen-bond donors (Lipinski definition) is 2. The number of carbonyl (C=O) groups excluding carboxylic acids is 2. The van der Waals surface area contributed by atoms with E-state index in [0.29, 0.717) is 6.54 Å². The Morgan fingerprint density at radius 1 is 1.35 bits per heavy atom. The molecule has 0 aromatic heterocycles. The molecule has 1 saturated heterocycles. The highest BCUT2D eigenvalue weighted by molar-refractivity contribution is 5.87. The van der Waals surface area contributed by atoms with Crippen LogP contribution in [0.1, 0.15) is 19.3 Å². The van der Waals surface area contributed by atoms with E-state index in [1.54, 1.807) is 11.9 Å². The third-order valence-corrected chi connectivity index (χ3v) is 3.06. The first-order chi connectivity index (χ1) is 8.00. The number of carbonyl (C=O) groups is 2. The quantitative estimate of drug-likeness (QED) is 0.608. The van der Waals surface area contributed by atoms with Crippen LogP contribution in [0.25, 0.3) is 0 Å². The Hall–Kier alpha value is -1.14. The van der Waals surface area contributed by atoms with Crippen LogP contribution in [-0.2, 0) is 9.59 Å². The van der Waals surface area contributed by atoms with E-state index in [1.807, 2.05) is 0 Å². The van der Waals surface area contributed by atoms with Crippen LogP contribution in [0.15, 0.2) is 0 Å². The van der Waals surface area contributed by atoms with Crippen LogP contribution in [0.5, 0.6) is 0 Å². The smallest absolute Gasteiger partial charge is 0.239 e. The zero-order chi connectivity index (χ0) is 12.8. The van der Waals surface area contributed by atoms with Crippen LogP contribution in [0.3, 0.4) is 0 Å². The van der Waals surface area contributed by atoms with Crippen molar-refractivity contribution in [1.29, 1.82) is 0 Å². The SMILES string of the molecule is CN(CCN1CCCC1)C(=O)C(N)CC(N)=O. The minimum Gasteiger partial charge on any atom is -0.370 e. The van der Waals surface area contributed by atoms with E-state index >= 15 is 0 Å². The Morgan fingerprint density at radius 2 is 1.94 bits per heavy atom. The van der Waals surface area contributed by atoms with Gasteiger partial charge in [-0.15, -0.1) is 0 Å². The average molecular weight is 242 g/mol. The summed E-state index contributed by atoms with van der Waals surface area (Å²) in [4.78, 5) is 26.3. The highest BCUT2D eigenvalue weighted by Crippen LogP contribution is 2.06. The third kappa shape index (κ3) is 4.70. The van der Waals surface area contributed by atoms with Gasteiger partial charge in [0.2, 0.25) is 11.8 Å². The molecule has 0 aliphatic carbocycles. The van der Waals surface area contributed by atoms with Crippen molar-refractivity contribution >= 4 is 11.8 Å². The Bertz CT molecular complexity index is 277. The molecule has 6 nitrogen and oxygen atoms in total. The molecule has 1 atom stereocenters. The molecule has 1 aliphatic rings. The Kier molecular flexibility index (Phi) is 5.37. The normalized spacial score (nSPS) is 18.0. The summed E-state index contributed by atoms with van der Waals surface area (Å²) in [7, 11) is 1.71. The van der Waals surface area contributed by atoms with Gasteiger partial charge < -0.3 is 21.3 Å². The fourth-order valence-electron chi connectivity index (χ4n) is 1.99. The average Bonchev–Trinajstić information content (AvgIpc) is 2.76. The summed E-state index contributed by atoms with van der Waals surface area (Å²) in [6.45, 7) is 3.72. The van der Waals surface area contributed by atoms with Crippen molar-refractivity contribution in [2.45, 2.75) is 25.3 Å². The molecule has 1 unspecified atom stereocenters. The summed E-state index contributed by atoms with van der Waals surface area (Å²) in [6, 6.07) is -0.809. The van der Waals surface area contributed by atoms with E-state index in [2.05, 4.69) is 4.90 Å². The fourth-order valence-corrected chi connectivity index (χ4v) is 1.99. The topological polar surface area (TPSA) is 92.7 Å². The summed E-state index contributed by atoms with van der Waals surface area (Å²) in [5.41, 5.74) is 10.6. The van der Waals surface area contributed by atoms with Crippen molar-refractivity contribution in [3.8, 4) is 0 Å². The third-order valence-electron chi connectivity index (χ3n) is 3.06. The molecule has 4 N–H and O–H groups in total. The zero-order valence-electron chi connectivity index (χ0n) is 10.4. The first-order valence-electron chi connectivity index (χ1n) is 6.02. The van der Waals surface area contributed by atoms with Gasteiger partial charge in [-0.25, -0.2) is 0 Å². The van der Waals surface area contributed by atoms with Crippen LogP contribution >= 0.6 is 0 Å². The van der Waals surface area contributed by atoms with Crippen molar-refractivity contribution in [2.75, 3.05) is 33.2 Å². The second kappa shape index (κ2) is 6.56. The molecule has 0 radical (unpaired) electrons. The molecule has 0 spiro atoms. The molecule has 0 bridgehead atoms. The summed E-state index contributed by atoms with van der Waals surface area (Å²) < 4.78 is 0. The van der Waals surface area contributed by atoms with E-state index in [0.717, 1.165) is 19.6 Å². The maximum Gasteiger partial charge on any atom is 0.239 e. The molecule has 17 heavy (non-hydrogen) atoms. The van der Waals surface area contributed by atoms with Crippen molar-refractivity contribution < 1.29 is 9.59 Å². The second-order valence-electron chi connectivity index (χ2n) is 4.59. The van der Waals surface area contributed by atoms with Crippen LogP contribution in [0.4, 0.5) is 0 Å². The molecule has 0 saturated carbocycles. The van der Waals surface area contributed by atoms with Crippen LogP contribution < -0.4 is 11.5 Å².